The molecule has 0 saturated carbocycles. The number of hydrogen-bond acceptors (Lipinski definition) is 3. The van der Waals surface area contributed by atoms with Crippen molar-refractivity contribution in [2.45, 2.75) is 96.8 Å². The third-order valence-electron chi connectivity index (χ3n) is 4.55. The van der Waals surface area contributed by atoms with E-state index in [0.717, 1.165) is 51.4 Å². The van der Waals surface area contributed by atoms with Gasteiger partial charge in [0.2, 0.25) is 0 Å². The molecule has 0 aliphatic heterocycles. The van der Waals surface area contributed by atoms with E-state index in [1.807, 2.05) is 12.2 Å². The molecular formula is C21H38O4. The molecule has 0 aromatic carbocycles. The molecule has 1 atom stereocenters. The second-order valence-electron chi connectivity index (χ2n) is 6.91. The molecule has 0 aliphatic carbocycles. The molecule has 25 heavy (non-hydrogen) atoms. The zero-order valence-corrected chi connectivity index (χ0v) is 16.0. The van der Waals surface area contributed by atoms with Crippen LogP contribution in [-0.2, 0) is 9.59 Å². The smallest absolute Gasteiger partial charge is 0.306 e. The van der Waals surface area contributed by atoms with Gasteiger partial charge in [0.25, 0.3) is 0 Å². The monoisotopic (exact) mass is 354 g/mol. The summed E-state index contributed by atoms with van der Waals surface area (Å²) in [7, 11) is 0. The number of hydrogen-bond donors (Lipinski definition) is 2. The van der Waals surface area contributed by atoms with E-state index in [2.05, 4.69) is 6.92 Å². The van der Waals surface area contributed by atoms with Crippen LogP contribution in [0, 0.1) is 5.92 Å². The first-order valence-corrected chi connectivity index (χ1v) is 10.1. The van der Waals surface area contributed by atoms with Crippen molar-refractivity contribution in [2.75, 3.05) is 6.61 Å². The molecule has 1 unspecified atom stereocenters. The minimum Gasteiger partial charge on any atom is -0.481 e. The maximum absolute atomic E-state index is 11.7. The summed E-state index contributed by atoms with van der Waals surface area (Å²) in [5.41, 5.74) is 0. The molecule has 0 bridgehead atoms. The van der Waals surface area contributed by atoms with E-state index >= 15 is 0 Å². The van der Waals surface area contributed by atoms with Crippen LogP contribution in [0.15, 0.2) is 12.2 Å². The molecule has 146 valence electrons. The van der Waals surface area contributed by atoms with Gasteiger partial charge in [-0.3, -0.25) is 9.59 Å². The summed E-state index contributed by atoms with van der Waals surface area (Å²) in [6, 6.07) is 0. The van der Waals surface area contributed by atoms with Crippen LogP contribution in [0.1, 0.15) is 96.8 Å². The van der Waals surface area contributed by atoms with Gasteiger partial charge in [0.1, 0.15) is 5.78 Å². The Hall–Kier alpha value is -1.16. The van der Waals surface area contributed by atoms with Gasteiger partial charge < -0.3 is 10.2 Å². The van der Waals surface area contributed by atoms with Crippen molar-refractivity contribution in [3.63, 3.8) is 0 Å². The topological polar surface area (TPSA) is 74.6 Å². The van der Waals surface area contributed by atoms with Crippen molar-refractivity contribution in [3.8, 4) is 0 Å². The highest BCUT2D eigenvalue weighted by Crippen LogP contribution is 2.12. The first-order valence-electron chi connectivity index (χ1n) is 10.1. The van der Waals surface area contributed by atoms with Crippen molar-refractivity contribution >= 4 is 11.8 Å². The normalized spacial score (nSPS) is 12.6. The lowest BCUT2D eigenvalue weighted by atomic mass is 10.0. The highest BCUT2D eigenvalue weighted by Gasteiger charge is 2.14. The number of allylic oxidation sites excluding steroid dienone is 2. The average molecular weight is 355 g/mol. The largest absolute Gasteiger partial charge is 0.481 e. The standard InChI is InChI=1S/C21H38O4/c1-2-3-4-8-12-15-20(23)16-13-10-7-5-6-9-11-14-19(17-18-22)21(24)25/h9,11,19,22H,2-8,10,12-18H2,1H3,(H,24,25)/b11-9+. The van der Waals surface area contributed by atoms with Crippen LogP contribution in [-0.4, -0.2) is 28.6 Å². The van der Waals surface area contributed by atoms with Gasteiger partial charge in [0.15, 0.2) is 0 Å². The Balaban J connectivity index is 3.47. The lowest BCUT2D eigenvalue weighted by Crippen LogP contribution is -2.14. The molecule has 4 heteroatoms. The number of rotatable bonds is 18. The number of carboxylic acid groups (broad SMARTS) is 1. The summed E-state index contributed by atoms with van der Waals surface area (Å²) in [6.07, 6.45) is 17.5. The molecule has 0 aromatic heterocycles. The van der Waals surface area contributed by atoms with Crippen LogP contribution < -0.4 is 0 Å². The van der Waals surface area contributed by atoms with Crippen LogP contribution in [0.5, 0.6) is 0 Å². The maximum Gasteiger partial charge on any atom is 0.306 e. The van der Waals surface area contributed by atoms with E-state index < -0.39 is 11.9 Å². The summed E-state index contributed by atoms with van der Waals surface area (Å²) in [5.74, 6) is -0.900. The quantitative estimate of drug-likeness (QED) is 0.259. The van der Waals surface area contributed by atoms with E-state index in [1.54, 1.807) is 0 Å². The number of aliphatic hydroxyl groups excluding tert-OH is 1. The van der Waals surface area contributed by atoms with Gasteiger partial charge in [-0.05, 0) is 38.5 Å². The number of carbonyl (C=O) groups is 2. The van der Waals surface area contributed by atoms with Gasteiger partial charge in [-0.2, -0.15) is 0 Å². The third kappa shape index (κ3) is 16.1. The predicted molar refractivity (Wildman–Crippen MR) is 103 cm³/mol. The van der Waals surface area contributed by atoms with Crippen LogP contribution in [0.25, 0.3) is 0 Å². The number of ketones is 1. The van der Waals surface area contributed by atoms with Crippen LogP contribution >= 0.6 is 0 Å². The summed E-state index contributed by atoms with van der Waals surface area (Å²) in [4.78, 5) is 22.7. The summed E-state index contributed by atoms with van der Waals surface area (Å²) in [6.45, 7) is 2.12. The Kier molecular flexibility index (Phi) is 16.8. The molecule has 0 aromatic rings. The zero-order valence-electron chi connectivity index (χ0n) is 16.0. The fraction of sp³-hybridized carbons (Fsp3) is 0.810. The first kappa shape index (κ1) is 23.8. The number of aliphatic hydroxyl groups is 1. The van der Waals surface area contributed by atoms with Crippen LogP contribution in [0.4, 0.5) is 0 Å². The summed E-state index contributed by atoms with van der Waals surface area (Å²) >= 11 is 0. The number of unbranched alkanes of at least 4 members (excludes halogenated alkanes) is 8. The number of Topliss-reactive ketones (excluding diaryl/α,β-unsaturated/α-hetero) is 1. The minimum atomic E-state index is -0.839. The van der Waals surface area contributed by atoms with E-state index in [4.69, 9.17) is 10.2 Å². The molecule has 4 nitrogen and oxygen atoms in total. The lowest BCUT2D eigenvalue weighted by Gasteiger charge is -2.06. The molecular weight excluding hydrogens is 316 g/mol. The molecule has 0 saturated heterocycles. The van der Waals surface area contributed by atoms with Gasteiger partial charge in [0.05, 0.1) is 5.92 Å². The predicted octanol–water partition coefficient (Wildman–Crippen LogP) is 5.29. The van der Waals surface area contributed by atoms with Crippen molar-refractivity contribution in [1.29, 1.82) is 0 Å². The second-order valence-corrected chi connectivity index (χ2v) is 6.91. The van der Waals surface area contributed by atoms with Crippen molar-refractivity contribution < 1.29 is 19.8 Å². The molecule has 0 aliphatic rings. The molecule has 0 rings (SSSR count). The summed E-state index contributed by atoms with van der Waals surface area (Å²) in [5, 5.41) is 17.8. The highest BCUT2D eigenvalue weighted by molar-refractivity contribution is 5.78. The second kappa shape index (κ2) is 17.7. The fourth-order valence-electron chi connectivity index (χ4n) is 2.86. The molecule has 0 amide bonds. The fourth-order valence-corrected chi connectivity index (χ4v) is 2.86. The van der Waals surface area contributed by atoms with E-state index in [1.165, 1.54) is 25.7 Å². The molecule has 0 spiro atoms. The number of carbonyl (C=O) groups excluding carboxylic acids is 1. The summed E-state index contributed by atoms with van der Waals surface area (Å²) < 4.78 is 0. The molecule has 2 N–H and O–H groups in total. The van der Waals surface area contributed by atoms with Crippen LogP contribution in [0.2, 0.25) is 0 Å². The Morgan fingerprint density at radius 2 is 1.48 bits per heavy atom. The lowest BCUT2D eigenvalue weighted by molar-refractivity contribution is -0.142. The van der Waals surface area contributed by atoms with Crippen LogP contribution in [0.3, 0.4) is 0 Å². The Morgan fingerprint density at radius 1 is 0.880 bits per heavy atom. The van der Waals surface area contributed by atoms with Gasteiger partial charge in [-0.15, -0.1) is 0 Å². The van der Waals surface area contributed by atoms with E-state index in [-0.39, 0.29) is 6.61 Å². The Morgan fingerprint density at radius 3 is 2.04 bits per heavy atom. The van der Waals surface area contributed by atoms with Gasteiger partial charge >= 0.3 is 5.97 Å². The maximum atomic E-state index is 11.7. The first-order chi connectivity index (χ1) is 12.1. The van der Waals surface area contributed by atoms with Crippen molar-refractivity contribution in [2.24, 2.45) is 5.92 Å². The third-order valence-corrected chi connectivity index (χ3v) is 4.55. The average Bonchev–Trinajstić information content (AvgIpc) is 2.58. The Bertz CT molecular complexity index is 363. The van der Waals surface area contributed by atoms with Gasteiger partial charge in [-0.25, -0.2) is 0 Å². The Labute approximate surface area is 153 Å². The number of aliphatic carboxylic acids is 1. The SMILES string of the molecule is CCCCCCCC(=O)CCCCCC/C=C/CC(CCO)C(=O)O. The molecule has 0 fully saturated rings. The molecule has 0 heterocycles. The zero-order chi connectivity index (χ0) is 18.8. The number of carboxylic acids is 1. The van der Waals surface area contributed by atoms with E-state index in [9.17, 15) is 9.59 Å². The highest BCUT2D eigenvalue weighted by atomic mass is 16.4. The molecule has 0 radical (unpaired) electrons. The van der Waals surface area contributed by atoms with E-state index in [0.29, 0.717) is 18.6 Å². The van der Waals surface area contributed by atoms with Gasteiger partial charge in [-0.1, -0.05) is 57.6 Å². The van der Waals surface area contributed by atoms with Gasteiger partial charge in [0, 0.05) is 19.4 Å². The van der Waals surface area contributed by atoms with Crippen molar-refractivity contribution in [3.05, 3.63) is 12.2 Å². The van der Waals surface area contributed by atoms with Crippen molar-refractivity contribution in [1.82, 2.24) is 0 Å². The minimum absolute atomic E-state index is 0.0811.